The molecular weight excluding hydrogens is 468 g/mol. The number of nitrogens with zero attached hydrogens (tertiary/aromatic N) is 5. The maximum Gasteiger partial charge on any atom is 0.242 e. The zero-order chi connectivity index (χ0) is 25.3. The third kappa shape index (κ3) is 3.90. The van der Waals surface area contributed by atoms with Crippen molar-refractivity contribution >= 4 is 28.4 Å². The van der Waals surface area contributed by atoms with Gasteiger partial charge in [-0.2, -0.15) is 5.10 Å². The summed E-state index contributed by atoms with van der Waals surface area (Å²) in [6, 6.07) is 8.27. The average molecular weight is 501 g/mol. The highest BCUT2D eigenvalue weighted by Crippen LogP contribution is 2.56. The Kier molecular flexibility index (Phi) is 4.98. The lowest BCUT2D eigenvalue weighted by atomic mass is 9.52. The van der Waals surface area contributed by atoms with Crippen LogP contribution in [0.4, 0.5) is 17.5 Å². The summed E-state index contributed by atoms with van der Waals surface area (Å²) in [7, 11) is 3.49. The van der Waals surface area contributed by atoms with Gasteiger partial charge in [-0.1, -0.05) is 0 Å². The van der Waals surface area contributed by atoms with Crippen LogP contribution < -0.4 is 15.4 Å². The standard InChI is InChI=1S/C27H32N8O2/c1-14-6-23(33-32-14)29-22-9-21-18(4-5-20(28-21)19-13-35(2)34-26(19)37-3)25(30-22)31-24-16-7-15-8-17(24)12-27(36,10-15)11-16/h4-6,9,13,15-17,24,36H,7-8,10-12H2,1-3H3,(H3,29,30,31,32,33). The number of aliphatic hydroxyl groups is 1. The normalized spacial score (nSPS) is 28.1. The van der Waals surface area contributed by atoms with Crippen LogP contribution in [0, 0.1) is 24.7 Å². The van der Waals surface area contributed by atoms with E-state index in [1.54, 1.807) is 11.8 Å². The van der Waals surface area contributed by atoms with Crippen molar-refractivity contribution < 1.29 is 9.84 Å². The first kappa shape index (κ1) is 22.5. The largest absolute Gasteiger partial charge is 0.479 e. The van der Waals surface area contributed by atoms with Gasteiger partial charge in [-0.05, 0) is 68.9 Å². The molecule has 2 atom stereocenters. The molecular formula is C27H32N8O2. The maximum absolute atomic E-state index is 11.1. The van der Waals surface area contributed by atoms with Gasteiger partial charge >= 0.3 is 0 Å². The fraction of sp³-hybridized carbons (Fsp3) is 0.481. The Hall–Kier alpha value is -3.66. The molecule has 4 aliphatic carbocycles. The molecule has 4 heterocycles. The minimum atomic E-state index is -0.468. The van der Waals surface area contributed by atoms with Crippen molar-refractivity contribution in [3.8, 4) is 17.1 Å². The van der Waals surface area contributed by atoms with Gasteiger partial charge in [0.1, 0.15) is 11.6 Å². The molecule has 4 fully saturated rings. The zero-order valence-corrected chi connectivity index (χ0v) is 21.3. The first-order valence-corrected chi connectivity index (χ1v) is 13.0. The Labute approximate surface area is 214 Å². The van der Waals surface area contributed by atoms with Crippen LogP contribution in [0.5, 0.6) is 5.88 Å². The smallest absolute Gasteiger partial charge is 0.242 e. The Balaban J connectivity index is 1.29. The van der Waals surface area contributed by atoms with E-state index in [4.69, 9.17) is 14.7 Å². The van der Waals surface area contributed by atoms with Crippen LogP contribution in [0.3, 0.4) is 0 Å². The molecule has 10 nitrogen and oxygen atoms in total. The summed E-state index contributed by atoms with van der Waals surface area (Å²) in [5.41, 5.74) is 2.94. The van der Waals surface area contributed by atoms with Gasteiger partial charge in [0.15, 0.2) is 5.82 Å². The number of H-pyrrole nitrogens is 1. The van der Waals surface area contributed by atoms with Crippen molar-refractivity contribution in [3.05, 3.63) is 36.2 Å². The van der Waals surface area contributed by atoms with E-state index in [1.807, 2.05) is 38.4 Å². The van der Waals surface area contributed by atoms with Crippen molar-refractivity contribution in [1.29, 1.82) is 0 Å². The summed E-state index contributed by atoms with van der Waals surface area (Å²) in [6.07, 6.45) is 7.01. The third-order valence-corrected chi connectivity index (χ3v) is 8.46. The van der Waals surface area contributed by atoms with Gasteiger partial charge in [-0.15, -0.1) is 5.10 Å². The fourth-order valence-electron chi connectivity index (χ4n) is 7.23. The molecule has 4 aromatic rings. The molecule has 0 saturated heterocycles. The summed E-state index contributed by atoms with van der Waals surface area (Å²) in [6.45, 7) is 1.97. The molecule has 0 radical (unpaired) electrons. The van der Waals surface area contributed by atoms with Crippen LogP contribution in [0.1, 0.15) is 37.8 Å². The molecule has 0 spiro atoms. The van der Waals surface area contributed by atoms with Gasteiger partial charge < -0.3 is 20.5 Å². The number of aryl methyl sites for hydroxylation is 2. The van der Waals surface area contributed by atoms with E-state index in [-0.39, 0.29) is 0 Å². The summed E-state index contributed by atoms with van der Waals surface area (Å²) in [5, 5.41) is 30.9. The molecule has 10 heteroatoms. The van der Waals surface area contributed by atoms with Crippen LogP contribution in [0.25, 0.3) is 22.2 Å². The van der Waals surface area contributed by atoms with Crippen molar-refractivity contribution in [2.24, 2.45) is 24.8 Å². The van der Waals surface area contributed by atoms with Crippen LogP contribution in [-0.2, 0) is 7.05 Å². The Morgan fingerprint density at radius 1 is 1.11 bits per heavy atom. The second kappa shape index (κ2) is 8.17. The number of rotatable bonds is 6. The molecule has 192 valence electrons. The van der Waals surface area contributed by atoms with Gasteiger partial charge in [0.05, 0.1) is 29.5 Å². The second-order valence-electron chi connectivity index (χ2n) is 11.3. The number of pyridine rings is 2. The highest BCUT2D eigenvalue weighted by atomic mass is 16.5. The number of fused-ring (bicyclic) bond motifs is 1. The van der Waals surface area contributed by atoms with Gasteiger partial charge in [-0.3, -0.25) is 9.78 Å². The van der Waals surface area contributed by atoms with Crippen LogP contribution >= 0.6 is 0 Å². The molecule has 0 aliphatic heterocycles. The number of methoxy groups -OCH3 is 1. The van der Waals surface area contributed by atoms with Gasteiger partial charge in [-0.25, -0.2) is 9.97 Å². The minimum absolute atomic E-state index is 0.300. The van der Waals surface area contributed by atoms with Crippen LogP contribution in [0.2, 0.25) is 0 Å². The van der Waals surface area contributed by atoms with E-state index < -0.39 is 5.60 Å². The summed E-state index contributed by atoms with van der Waals surface area (Å²) < 4.78 is 7.21. The van der Waals surface area contributed by atoms with Crippen molar-refractivity contribution in [3.63, 3.8) is 0 Å². The highest BCUT2D eigenvalue weighted by molar-refractivity contribution is 5.93. The number of anilines is 3. The van der Waals surface area contributed by atoms with E-state index in [9.17, 15) is 5.11 Å². The van der Waals surface area contributed by atoms with E-state index in [0.717, 1.165) is 52.9 Å². The number of hydrogen-bond acceptors (Lipinski definition) is 8. The fourth-order valence-corrected chi connectivity index (χ4v) is 7.23. The molecule has 8 rings (SSSR count). The first-order chi connectivity index (χ1) is 17.9. The lowest BCUT2D eigenvalue weighted by Crippen LogP contribution is -2.59. The van der Waals surface area contributed by atoms with E-state index in [2.05, 4.69) is 32.0 Å². The second-order valence-corrected chi connectivity index (χ2v) is 11.3. The summed E-state index contributed by atoms with van der Waals surface area (Å²) in [4.78, 5) is 10.0. The van der Waals surface area contributed by atoms with E-state index in [0.29, 0.717) is 41.3 Å². The predicted octanol–water partition coefficient (Wildman–Crippen LogP) is 4.17. The lowest BCUT2D eigenvalue weighted by Gasteiger charge is -2.58. The number of aromatic nitrogens is 6. The Morgan fingerprint density at radius 2 is 1.92 bits per heavy atom. The topological polar surface area (TPSA) is 126 Å². The number of aromatic amines is 1. The summed E-state index contributed by atoms with van der Waals surface area (Å²) in [5.74, 6) is 4.31. The monoisotopic (exact) mass is 500 g/mol. The van der Waals surface area contributed by atoms with E-state index in [1.165, 1.54) is 12.8 Å². The molecule has 0 aromatic carbocycles. The van der Waals surface area contributed by atoms with Gasteiger partial charge in [0.25, 0.3) is 0 Å². The quantitative estimate of drug-likeness (QED) is 0.311. The van der Waals surface area contributed by atoms with Crippen molar-refractivity contribution in [2.45, 2.75) is 50.7 Å². The zero-order valence-electron chi connectivity index (χ0n) is 21.3. The Morgan fingerprint density at radius 3 is 2.62 bits per heavy atom. The molecule has 37 heavy (non-hydrogen) atoms. The number of hydrogen-bond donors (Lipinski definition) is 4. The first-order valence-electron chi connectivity index (χ1n) is 13.0. The predicted molar refractivity (Wildman–Crippen MR) is 141 cm³/mol. The molecule has 2 unspecified atom stereocenters. The molecule has 4 saturated carbocycles. The van der Waals surface area contributed by atoms with Crippen LogP contribution in [-0.4, -0.2) is 53.8 Å². The number of ether oxygens (including phenoxy) is 1. The third-order valence-electron chi connectivity index (χ3n) is 8.46. The van der Waals surface area contributed by atoms with Crippen molar-refractivity contribution in [2.75, 3.05) is 17.7 Å². The SMILES string of the molecule is COc1nn(C)cc1-c1ccc2c(NC3C4CC5CC3CC(O)(C5)C4)nc(Nc3cc(C)[nH]n3)cc2n1. The maximum atomic E-state index is 11.1. The lowest BCUT2D eigenvalue weighted by molar-refractivity contribution is -0.129. The van der Waals surface area contributed by atoms with Crippen molar-refractivity contribution in [1.82, 2.24) is 29.9 Å². The Bertz CT molecular complexity index is 1480. The molecule has 4 aromatic heterocycles. The van der Waals surface area contributed by atoms with Gasteiger partial charge in [0, 0.05) is 42.5 Å². The average Bonchev–Trinajstić information content (AvgIpc) is 3.44. The summed E-state index contributed by atoms with van der Waals surface area (Å²) >= 11 is 0. The molecule has 0 amide bonds. The molecule has 4 bridgehead atoms. The van der Waals surface area contributed by atoms with Gasteiger partial charge in [0.2, 0.25) is 5.88 Å². The minimum Gasteiger partial charge on any atom is -0.479 e. The van der Waals surface area contributed by atoms with E-state index >= 15 is 0 Å². The van der Waals surface area contributed by atoms with Crippen LogP contribution in [0.15, 0.2) is 30.5 Å². The molecule has 4 aliphatic rings. The number of nitrogens with one attached hydrogen (secondary N) is 3. The molecule has 4 N–H and O–H groups in total. The highest BCUT2D eigenvalue weighted by Gasteiger charge is 2.54.